The van der Waals surface area contributed by atoms with Gasteiger partial charge in [-0.15, -0.1) is 5.10 Å². The zero-order valence-corrected chi connectivity index (χ0v) is 17.6. The van der Waals surface area contributed by atoms with Gasteiger partial charge in [-0.2, -0.15) is 10.1 Å². The van der Waals surface area contributed by atoms with Gasteiger partial charge in [-0.25, -0.2) is 9.36 Å². The van der Waals surface area contributed by atoms with Gasteiger partial charge in [0.05, 0.1) is 24.9 Å². The molecule has 2 aromatic heterocycles. The van der Waals surface area contributed by atoms with Crippen LogP contribution in [0.1, 0.15) is 43.2 Å². The lowest BCUT2D eigenvalue weighted by Crippen LogP contribution is -2.38. The number of anilines is 1. The largest absolute Gasteiger partial charge is 0.378 e. The molecule has 29 heavy (non-hydrogen) atoms. The van der Waals surface area contributed by atoms with E-state index in [4.69, 9.17) is 9.47 Å². The van der Waals surface area contributed by atoms with Crippen molar-refractivity contribution in [3.8, 4) is 0 Å². The van der Waals surface area contributed by atoms with Crippen LogP contribution in [0.25, 0.3) is 0 Å². The van der Waals surface area contributed by atoms with E-state index in [0.717, 1.165) is 55.9 Å². The summed E-state index contributed by atoms with van der Waals surface area (Å²) in [5.41, 5.74) is 0.873. The van der Waals surface area contributed by atoms with Gasteiger partial charge in [0.1, 0.15) is 11.5 Å². The highest BCUT2D eigenvalue weighted by molar-refractivity contribution is 5.33. The maximum Gasteiger partial charge on any atom is 0.223 e. The summed E-state index contributed by atoms with van der Waals surface area (Å²) in [5, 5.41) is 13.1. The van der Waals surface area contributed by atoms with Crippen molar-refractivity contribution in [1.29, 1.82) is 0 Å². The van der Waals surface area contributed by atoms with Crippen LogP contribution in [0.5, 0.6) is 0 Å². The second-order valence-electron chi connectivity index (χ2n) is 8.98. The first-order valence-electron chi connectivity index (χ1n) is 10.7. The minimum absolute atomic E-state index is 0.190. The lowest BCUT2D eigenvalue weighted by atomic mass is 9.77. The Morgan fingerprint density at radius 1 is 1.17 bits per heavy atom. The molecule has 0 amide bonds. The molecule has 1 saturated heterocycles. The van der Waals surface area contributed by atoms with Crippen LogP contribution in [0.2, 0.25) is 0 Å². The molecule has 9 nitrogen and oxygen atoms in total. The van der Waals surface area contributed by atoms with E-state index in [1.165, 1.54) is 12.8 Å². The second kappa shape index (κ2) is 7.68. The molecule has 0 aromatic carbocycles. The fraction of sp³-hybridized carbons (Fsp3) is 0.800. The minimum atomic E-state index is 0.190. The Kier molecular flexibility index (Phi) is 5.03. The highest BCUT2D eigenvalue weighted by atomic mass is 16.5. The molecule has 1 aliphatic heterocycles. The highest BCUT2D eigenvalue weighted by Gasteiger charge is 2.45. The molecule has 0 spiro atoms. The molecular weight excluding hydrogens is 370 g/mol. The normalized spacial score (nSPS) is 29.4. The molecular formula is C20H31N7O2. The van der Waals surface area contributed by atoms with Crippen molar-refractivity contribution >= 4 is 5.95 Å². The summed E-state index contributed by atoms with van der Waals surface area (Å²) < 4.78 is 15.6. The van der Waals surface area contributed by atoms with Crippen molar-refractivity contribution in [3.05, 3.63) is 17.7 Å². The SMILES string of the molecule is COCc1cn([C@@H]2C[C@@H]3CN(c4nc(C)nn4C)C[C@@H]3C[C@H]2OCC2CC2)nn1. The molecule has 2 saturated carbocycles. The number of fused-ring (bicyclic) bond motifs is 1. The maximum atomic E-state index is 6.45. The van der Waals surface area contributed by atoms with Crippen LogP contribution in [0.4, 0.5) is 5.95 Å². The molecule has 5 rings (SSSR count). The van der Waals surface area contributed by atoms with Gasteiger partial charge in [-0.3, -0.25) is 0 Å². The first-order chi connectivity index (χ1) is 14.1. The van der Waals surface area contributed by atoms with Crippen LogP contribution in [0, 0.1) is 24.7 Å². The summed E-state index contributed by atoms with van der Waals surface area (Å²) >= 11 is 0. The zero-order chi connectivity index (χ0) is 20.0. The third-order valence-electron chi connectivity index (χ3n) is 6.65. The molecule has 4 atom stereocenters. The van der Waals surface area contributed by atoms with Crippen molar-refractivity contribution in [3.63, 3.8) is 0 Å². The third-order valence-corrected chi connectivity index (χ3v) is 6.65. The lowest BCUT2D eigenvalue weighted by Gasteiger charge is -2.37. The topological polar surface area (TPSA) is 83.1 Å². The van der Waals surface area contributed by atoms with Gasteiger partial charge >= 0.3 is 0 Å². The van der Waals surface area contributed by atoms with Gasteiger partial charge in [-0.1, -0.05) is 5.21 Å². The summed E-state index contributed by atoms with van der Waals surface area (Å²) in [6, 6.07) is 0.231. The van der Waals surface area contributed by atoms with Crippen LogP contribution in [-0.2, 0) is 23.1 Å². The van der Waals surface area contributed by atoms with Gasteiger partial charge in [0, 0.05) is 33.9 Å². The molecule has 158 valence electrons. The van der Waals surface area contributed by atoms with Gasteiger partial charge in [0.15, 0.2) is 0 Å². The van der Waals surface area contributed by atoms with Crippen molar-refractivity contribution in [2.75, 3.05) is 31.7 Å². The number of ether oxygens (including phenoxy) is 2. The van der Waals surface area contributed by atoms with Crippen molar-refractivity contribution < 1.29 is 9.47 Å². The summed E-state index contributed by atoms with van der Waals surface area (Å²) in [5.74, 6) is 3.79. The maximum absolute atomic E-state index is 6.45. The Hall–Kier alpha value is -2.00. The van der Waals surface area contributed by atoms with Gasteiger partial charge in [0.2, 0.25) is 5.95 Å². The Bertz CT molecular complexity index is 846. The number of hydrogen-bond acceptors (Lipinski definition) is 7. The first-order valence-corrected chi connectivity index (χ1v) is 10.7. The second-order valence-corrected chi connectivity index (χ2v) is 8.98. The molecule has 3 aliphatic rings. The van der Waals surface area contributed by atoms with E-state index >= 15 is 0 Å². The van der Waals surface area contributed by atoms with E-state index in [0.29, 0.717) is 18.4 Å². The van der Waals surface area contributed by atoms with E-state index in [2.05, 4.69) is 25.3 Å². The Morgan fingerprint density at radius 3 is 2.66 bits per heavy atom. The zero-order valence-electron chi connectivity index (χ0n) is 17.6. The van der Waals surface area contributed by atoms with Crippen molar-refractivity contribution in [2.45, 2.75) is 51.4 Å². The molecule has 0 bridgehead atoms. The Balaban J connectivity index is 1.34. The third kappa shape index (κ3) is 3.90. The summed E-state index contributed by atoms with van der Waals surface area (Å²) in [4.78, 5) is 7.04. The van der Waals surface area contributed by atoms with Crippen molar-refractivity contribution in [2.24, 2.45) is 24.8 Å². The average molecular weight is 402 g/mol. The number of methoxy groups -OCH3 is 1. The number of aryl methyl sites for hydroxylation is 2. The Labute approximate surface area is 171 Å². The van der Waals surface area contributed by atoms with E-state index in [1.807, 2.05) is 29.5 Å². The fourth-order valence-corrected chi connectivity index (χ4v) is 5.02. The van der Waals surface area contributed by atoms with Crippen LogP contribution in [-0.4, -0.2) is 62.7 Å². The molecule has 0 N–H and O–H groups in total. The number of aromatic nitrogens is 6. The van der Waals surface area contributed by atoms with E-state index < -0.39 is 0 Å². The van der Waals surface area contributed by atoms with Gasteiger partial charge in [0.25, 0.3) is 0 Å². The standard InChI is InChI=1S/C20H31N7O2/c1-13-21-20(25(2)23-13)26-8-15-6-18(27-10-17(12-28-3)22-24-27)19(7-16(15)9-26)29-11-14-4-5-14/h10,14-16,18-19H,4-9,11-12H2,1-3H3/t15-,16+,18-,19-/m1/s1. The van der Waals surface area contributed by atoms with Crippen molar-refractivity contribution in [1.82, 2.24) is 29.8 Å². The molecule has 0 unspecified atom stereocenters. The summed E-state index contributed by atoms with van der Waals surface area (Å²) in [6.45, 7) is 5.36. The number of rotatable bonds is 7. The molecule has 0 radical (unpaired) electrons. The van der Waals surface area contributed by atoms with Crippen LogP contribution >= 0.6 is 0 Å². The van der Waals surface area contributed by atoms with E-state index in [1.54, 1.807) is 7.11 Å². The summed E-state index contributed by atoms with van der Waals surface area (Å²) in [6.07, 6.45) is 6.96. The summed E-state index contributed by atoms with van der Waals surface area (Å²) in [7, 11) is 3.67. The van der Waals surface area contributed by atoms with E-state index in [-0.39, 0.29) is 12.1 Å². The lowest BCUT2D eigenvalue weighted by molar-refractivity contribution is -0.0375. The monoisotopic (exact) mass is 401 g/mol. The molecule has 2 aromatic rings. The Morgan fingerprint density at radius 2 is 1.97 bits per heavy atom. The average Bonchev–Trinajstić information content (AvgIpc) is 3.08. The molecule has 3 heterocycles. The van der Waals surface area contributed by atoms with Crippen LogP contribution < -0.4 is 4.90 Å². The fourth-order valence-electron chi connectivity index (χ4n) is 5.02. The van der Waals surface area contributed by atoms with Gasteiger partial charge < -0.3 is 14.4 Å². The molecule has 9 heteroatoms. The molecule has 3 fully saturated rings. The van der Waals surface area contributed by atoms with Crippen LogP contribution in [0.15, 0.2) is 6.20 Å². The highest BCUT2D eigenvalue weighted by Crippen LogP contribution is 2.44. The molecule has 2 aliphatic carbocycles. The van der Waals surface area contributed by atoms with E-state index in [9.17, 15) is 0 Å². The predicted octanol–water partition coefficient (Wildman–Crippen LogP) is 1.74. The van der Waals surface area contributed by atoms with Gasteiger partial charge in [-0.05, 0) is 50.4 Å². The smallest absolute Gasteiger partial charge is 0.223 e. The first kappa shape index (κ1) is 19.0. The predicted molar refractivity (Wildman–Crippen MR) is 106 cm³/mol. The quantitative estimate of drug-likeness (QED) is 0.699. The minimum Gasteiger partial charge on any atom is -0.378 e. The van der Waals surface area contributed by atoms with Crippen LogP contribution in [0.3, 0.4) is 0 Å². The number of hydrogen-bond donors (Lipinski definition) is 0. The number of nitrogens with zero attached hydrogens (tertiary/aromatic N) is 7.